The van der Waals surface area contributed by atoms with E-state index >= 15 is 0 Å². The van der Waals surface area contributed by atoms with Gasteiger partial charge in [-0.05, 0) is 0 Å². The van der Waals surface area contributed by atoms with Crippen molar-refractivity contribution in [1.29, 1.82) is 0 Å². The second kappa shape index (κ2) is 11.1. The number of hydrogen-bond acceptors (Lipinski definition) is 10. The normalized spacial score (nSPS) is 16.9. The Morgan fingerprint density at radius 2 is 1.06 bits per heavy atom. The van der Waals surface area contributed by atoms with Crippen LogP contribution >= 0.6 is 0 Å². The van der Waals surface area contributed by atoms with Crippen molar-refractivity contribution in [2.75, 3.05) is 55.6 Å². The van der Waals surface area contributed by atoms with Crippen LogP contribution in [0.1, 0.15) is 0 Å². The van der Waals surface area contributed by atoms with Crippen molar-refractivity contribution in [1.82, 2.24) is 9.62 Å². The molecule has 0 atom stereocenters. The van der Waals surface area contributed by atoms with Gasteiger partial charge in [0.05, 0.1) is 0 Å². The minimum atomic E-state index is -3.47. The topological polar surface area (TPSA) is 112 Å². The molecular weight excluding hydrogens is 514 g/mol. The number of rotatable bonds is 7. The molecule has 0 aromatic rings. The summed E-state index contributed by atoms with van der Waals surface area (Å²) >= 11 is -3.47. The summed E-state index contributed by atoms with van der Waals surface area (Å²) in [6.07, 6.45) is 0. The monoisotopic (exact) mass is 546 g/mol. The van der Waals surface area contributed by atoms with Crippen molar-refractivity contribution in [3.8, 4) is 0 Å². The summed E-state index contributed by atoms with van der Waals surface area (Å²) in [6.45, 7) is 0.529. The van der Waals surface area contributed by atoms with Crippen LogP contribution in [0.3, 0.4) is 0 Å². The van der Waals surface area contributed by atoms with E-state index in [0.29, 0.717) is 13.1 Å². The summed E-state index contributed by atoms with van der Waals surface area (Å²) in [4.78, 5) is 61.1. The van der Waals surface area contributed by atoms with Crippen molar-refractivity contribution in [2.24, 2.45) is 0 Å². The summed E-state index contributed by atoms with van der Waals surface area (Å²) in [6, 6.07) is 0. The standard InChI is InChI=1S/C16H22BN2O8.3CH3.Sn/c1-18-7-8-19(2)17(18)13(16(23)27-6)12(15(22)26-5)10(14(21)25-4)9-11(20)24-3;;;;/h7-8H2,1-6H3;3*1H3;. The number of hydrogen-bond donors (Lipinski definition) is 0. The van der Waals surface area contributed by atoms with E-state index < -0.39 is 49.2 Å². The molecule has 0 aromatic heterocycles. The van der Waals surface area contributed by atoms with Crippen molar-refractivity contribution in [3.05, 3.63) is 20.2 Å². The van der Waals surface area contributed by atoms with Crippen LogP contribution in [0.5, 0.6) is 0 Å². The molecular formula is C19H31BN2O8Sn. The van der Waals surface area contributed by atoms with Crippen LogP contribution in [0.4, 0.5) is 0 Å². The van der Waals surface area contributed by atoms with Crippen LogP contribution < -0.4 is 0 Å². The molecule has 1 rings (SSSR count). The van der Waals surface area contributed by atoms with Crippen LogP contribution in [0.25, 0.3) is 0 Å². The first-order valence-corrected chi connectivity index (χ1v) is 19.6. The van der Waals surface area contributed by atoms with Crippen LogP contribution in [0.2, 0.25) is 14.8 Å². The first kappa shape index (κ1) is 27.2. The molecule has 31 heavy (non-hydrogen) atoms. The maximum atomic E-state index is 13.1. The fraction of sp³-hybridized carbons (Fsp3) is 0.579. The molecule has 1 saturated heterocycles. The molecule has 1 heterocycles. The molecule has 172 valence electrons. The zero-order chi connectivity index (χ0) is 24.1. The van der Waals surface area contributed by atoms with Gasteiger partial charge in [0, 0.05) is 0 Å². The van der Waals surface area contributed by atoms with Gasteiger partial charge in [-0.15, -0.1) is 0 Å². The van der Waals surface area contributed by atoms with Crippen molar-refractivity contribution in [2.45, 2.75) is 14.8 Å². The van der Waals surface area contributed by atoms with E-state index in [1.165, 1.54) is 14.2 Å². The number of methoxy groups -OCH3 is 4. The SMILES string of the molecule is COC(=O)C(B1N(C)CCN1C)=C(C(=O)OC)C(C(=O)OC)=[C](C(=O)OC)[Sn]([CH3])([CH3])[CH3]. The molecule has 1 fully saturated rings. The zero-order valence-corrected chi connectivity index (χ0v) is 22.5. The molecule has 0 bridgehead atoms. The van der Waals surface area contributed by atoms with Gasteiger partial charge in [0.25, 0.3) is 0 Å². The van der Waals surface area contributed by atoms with Crippen LogP contribution in [-0.4, -0.2) is 114 Å². The van der Waals surface area contributed by atoms with Gasteiger partial charge in [-0.1, -0.05) is 0 Å². The van der Waals surface area contributed by atoms with Crippen LogP contribution in [0, 0.1) is 0 Å². The first-order chi connectivity index (χ1) is 14.4. The average molecular weight is 545 g/mol. The molecule has 10 nitrogen and oxygen atoms in total. The molecule has 1 aliphatic heterocycles. The molecule has 0 saturated carbocycles. The third kappa shape index (κ3) is 5.89. The fourth-order valence-corrected chi connectivity index (χ4v) is 8.38. The van der Waals surface area contributed by atoms with E-state index in [-0.39, 0.29) is 20.2 Å². The second-order valence-electron chi connectivity index (χ2n) is 8.09. The van der Waals surface area contributed by atoms with Crippen molar-refractivity contribution < 1.29 is 38.1 Å². The van der Waals surface area contributed by atoms with Gasteiger partial charge in [-0.2, -0.15) is 0 Å². The van der Waals surface area contributed by atoms with E-state index in [1.54, 1.807) is 14.1 Å². The van der Waals surface area contributed by atoms with E-state index in [0.717, 1.165) is 14.2 Å². The summed E-state index contributed by atoms with van der Waals surface area (Å²) in [5.41, 5.74) is -0.758. The second-order valence-corrected chi connectivity index (χ2v) is 22.4. The summed E-state index contributed by atoms with van der Waals surface area (Å²) < 4.78 is 19.9. The molecule has 0 aliphatic carbocycles. The van der Waals surface area contributed by atoms with Gasteiger partial charge in [0.15, 0.2) is 0 Å². The fourth-order valence-electron chi connectivity index (χ4n) is 3.55. The molecule has 12 heteroatoms. The van der Waals surface area contributed by atoms with E-state index in [2.05, 4.69) is 0 Å². The van der Waals surface area contributed by atoms with Crippen LogP contribution in [-0.2, 0) is 38.1 Å². The van der Waals surface area contributed by atoms with Crippen molar-refractivity contribution in [3.63, 3.8) is 0 Å². The van der Waals surface area contributed by atoms with Gasteiger partial charge < -0.3 is 0 Å². The Labute approximate surface area is 187 Å². The number of esters is 4. The zero-order valence-electron chi connectivity index (χ0n) is 19.7. The van der Waals surface area contributed by atoms with Gasteiger partial charge in [0.2, 0.25) is 0 Å². The molecule has 0 unspecified atom stereocenters. The summed E-state index contributed by atoms with van der Waals surface area (Å²) in [5, 5.41) is 0. The van der Waals surface area contributed by atoms with Gasteiger partial charge in [-0.25, -0.2) is 0 Å². The van der Waals surface area contributed by atoms with Gasteiger partial charge >= 0.3 is 188 Å². The summed E-state index contributed by atoms with van der Waals surface area (Å²) in [7, 11) is 8.19. The molecule has 1 aliphatic rings. The molecule has 0 amide bonds. The Morgan fingerprint density at radius 3 is 1.42 bits per heavy atom. The first-order valence-electron chi connectivity index (χ1n) is 9.60. The molecule has 0 N–H and O–H groups in total. The Balaban J connectivity index is 4.28. The van der Waals surface area contributed by atoms with E-state index in [9.17, 15) is 19.2 Å². The maximum absolute atomic E-state index is 13.1. The minimum absolute atomic E-state index is 0.0776. The average Bonchev–Trinajstić information content (AvgIpc) is 3.05. The molecule has 0 spiro atoms. The quantitative estimate of drug-likeness (QED) is 0.143. The van der Waals surface area contributed by atoms with Gasteiger partial charge in [-0.3, -0.25) is 0 Å². The molecule has 0 aromatic carbocycles. The number of likely N-dealkylation sites (N-methyl/N-ethyl adjacent to an activating group) is 2. The third-order valence-electron chi connectivity index (χ3n) is 4.99. The summed E-state index contributed by atoms with van der Waals surface area (Å²) in [5.74, 6) is -3.45. The number of ether oxygens (including phenoxy) is 4. The Bertz CT molecular complexity index is 808. The molecule has 0 radical (unpaired) electrons. The van der Waals surface area contributed by atoms with E-state index in [4.69, 9.17) is 18.9 Å². The Kier molecular flexibility index (Phi) is 9.77. The number of carbonyl (C=O) groups excluding carboxylic acids is 4. The number of carbonyl (C=O) groups is 4. The number of nitrogens with zero attached hydrogens (tertiary/aromatic N) is 2. The van der Waals surface area contributed by atoms with Gasteiger partial charge in [0.1, 0.15) is 0 Å². The predicted octanol–water partition coefficient (Wildman–Crippen LogP) is 0.0536. The predicted molar refractivity (Wildman–Crippen MR) is 116 cm³/mol. The third-order valence-corrected chi connectivity index (χ3v) is 10.6. The Hall–Kier alpha value is -1.86. The van der Waals surface area contributed by atoms with Crippen molar-refractivity contribution >= 4 is 49.2 Å². The van der Waals surface area contributed by atoms with Crippen LogP contribution in [0.15, 0.2) is 20.2 Å². The van der Waals surface area contributed by atoms with E-state index in [1.807, 2.05) is 24.4 Å². The Morgan fingerprint density at radius 1 is 0.677 bits per heavy atom.